The summed E-state index contributed by atoms with van der Waals surface area (Å²) in [4.78, 5) is 12.0. The molecule has 1 aromatic carbocycles. The molecular formula is C14H22N2O2. The number of carbonyl (C=O) groups excluding carboxylic acids is 1. The molecule has 18 heavy (non-hydrogen) atoms. The van der Waals surface area contributed by atoms with Gasteiger partial charge >= 0.3 is 0 Å². The smallest absolute Gasteiger partial charge is 0.241 e. The number of anilines is 1. The maximum atomic E-state index is 12.0. The highest BCUT2D eigenvalue weighted by molar-refractivity contribution is 5.95. The van der Waals surface area contributed by atoms with Crippen molar-refractivity contribution in [2.24, 2.45) is 0 Å². The minimum Gasteiger partial charge on any atom is -0.495 e. The van der Waals surface area contributed by atoms with E-state index >= 15 is 0 Å². The van der Waals surface area contributed by atoms with Crippen molar-refractivity contribution >= 4 is 11.6 Å². The third-order valence-corrected chi connectivity index (χ3v) is 2.71. The maximum absolute atomic E-state index is 12.0. The Bertz CT molecular complexity index is 405. The number of hydrogen-bond acceptors (Lipinski definition) is 3. The average molecular weight is 250 g/mol. The van der Waals surface area contributed by atoms with Crippen molar-refractivity contribution in [1.82, 2.24) is 5.32 Å². The molecule has 100 valence electrons. The molecule has 0 aliphatic heterocycles. The van der Waals surface area contributed by atoms with Crippen molar-refractivity contribution in [3.05, 3.63) is 23.8 Å². The standard InChI is InChI=1S/C14H22N2O2/c1-5-8-15-11(3)14(17)16-12-9-10(2)6-7-13(12)18-4/h6-7,9,11,15H,5,8H2,1-4H3,(H,16,17). The van der Waals surface area contributed by atoms with Gasteiger partial charge in [0.25, 0.3) is 0 Å². The Morgan fingerprint density at radius 1 is 1.44 bits per heavy atom. The quantitative estimate of drug-likeness (QED) is 0.814. The predicted octanol–water partition coefficient (Wildman–Crippen LogP) is 2.33. The number of ether oxygens (including phenoxy) is 1. The molecule has 4 heteroatoms. The van der Waals surface area contributed by atoms with E-state index in [4.69, 9.17) is 4.74 Å². The highest BCUT2D eigenvalue weighted by Gasteiger charge is 2.13. The van der Waals surface area contributed by atoms with E-state index in [0.717, 1.165) is 18.5 Å². The average Bonchev–Trinajstić information content (AvgIpc) is 2.36. The van der Waals surface area contributed by atoms with E-state index in [2.05, 4.69) is 17.6 Å². The molecule has 1 rings (SSSR count). The summed E-state index contributed by atoms with van der Waals surface area (Å²) in [6.07, 6.45) is 1.01. The molecule has 0 heterocycles. The molecule has 0 aliphatic carbocycles. The van der Waals surface area contributed by atoms with Crippen LogP contribution in [-0.2, 0) is 4.79 Å². The highest BCUT2D eigenvalue weighted by atomic mass is 16.5. The summed E-state index contributed by atoms with van der Waals surface area (Å²) >= 11 is 0. The second kappa shape index (κ2) is 7.01. The zero-order valence-corrected chi connectivity index (χ0v) is 11.5. The van der Waals surface area contributed by atoms with Crippen LogP contribution in [0.2, 0.25) is 0 Å². The molecule has 0 aliphatic rings. The van der Waals surface area contributed by atoms with Crippen molar-refractivity contribution in [3.63, 3.8) is 0 Å². The van der Waals surface area contributed by atoms with Gasteiger partial charge in [-0.3, -0.25) is 4.79 Å². The van der Waals surface area contributed by atoms with Crippen LogP contribution < -0.4 is 15.4 Å². The lowest BCUT2D eigenvalue weighted by Gasteiger charge is -2.15. The Kier molecular flexibility index (Phi) is 5.65. The molecule has 2 N–H and O–H groups in total. The van der Waals surface area contributed by atoms with Crippen molar-refractivity contribution < 1.29 is 9.53 Å². The fourth-order valence-electron chi connectivity index (χ4n) is 1.61. The van der Waals surface area contributed by atoms with E-state index in [1.54, 1.807) is 7.11 Å². The van der Waals surface area contributed by atoms with E-state index in [1.807, 2.05) is 32.0 Å². The number of methoxy groups -OCH3 is 1. The Morgan fingerprint density at radius 2 is 2.17 bits per heavy atom. The summed E-state index contributed by atoms with van der Waals surface area (Å²) < 4.78 is 5.23. The van der Waals surface area contributed by atoms with Crippen molar-refractivity contribution in [3.8, 4) is 5.75 Å². The minimum absolute atomic E-state index is 0.0487. The van der Waals surface area contributed by atoms with Gasteiger partial charge in [0.15, 0.2) is 0 Å². The first-order valence-electron chi connectivity index (χ1n) is 6.27. The molecule has 4 nitrogen and oxygen atoms in total. The number of rotatable bonds is 6. The first kappa shape index (κ1) is 14.5. The SMILES string of the molecule is CCCNC(C)C(=O)Nc1cc(C)ccc1OC. The molecule has 0 aromatic heterocycles. The van der Waals surface area contributed by atoms with Crippen LogP contribution in [0.1, 0.15) is 25.8 Å². The summed E-state index contributed by atoms with van der Waals surface area (Å²) in [5.74, 6) is 0.629. The number of amides is 1. The van der Waals surface area contributed by atoms with Gasteiger partial charge in [-0.15, -0.1) is 0 Å². The molecule has 0 fully saturated rings. The molecule has 0 radical (unpaired) electrons. The van der Waals surface area contributed by atoms with Crippen LogP contribution in [0.5, 0.6) is 5.75 Å². The van der Waals surface area contributed by atoms with Crippen molar-refractivity contribution in [2.75, 3.05) is 19.0 Å². The van der Waals surface area contributed by atoms with Crippen LogP contribution in [0.25, 0.3) is 0 Å². The van der Waals surface area contributed by atoms with E-state index in [9.17, 15) is 4.79 Å². The van der Waals surface area contributed by atoms with Crippen LogP contribution in [-0.4, -0.2) is 25.6 Å². The Hall–Kier alpha value is -1.55. The molecular weight excluding hydrogens is 228 g/mol. The zero-order chi connectivity index (χ0) is 13.5. The van der Waals surface area contributed by atoms with Gasteiger partial charge in [0.05, 0.1) is 18.8 Å². The number of nitrogens with one attached hydrogen (secondary N) is 2. The summed E-state index contributed by atoms with van der Waals surface area (Å²) in [5, 5.41) is 6.04. The van der Waals surface area contributed by atoms with Crippen LogP contribution >= 0.6 is 0 Å². The van der Waals surface area contributed by atoms with Gasteiger partial charge in [-0.2, -0.15) is 0 Å². The van der Waals surface area contributed by atoms with E-state index in [1.165, 1.54) is 0 Å². The summed E-state index contributed by atoms with van der Waals surface area (Å²) in [7, 11) is 1.60. The molecule has 1 unspecified atom stereocenters. The van der Waals surface area contributed by atoms with Crippen LogP contribution in [0.4, 0.5) is 5.69 Å². The van der Waals surface area contributed by atoms with Gasteiger partial charge < -0.3 is 15.4 Å². The Labute approximate surface area is 109 Å². The van der Waals surface area contributed by atoms with Crippen molar-refractivity contribution in [1.29, 1.82) is 0 Å². The van der Waals surface area contributed by atoms with Crippen LogP contribution in [0.3, 0.4) is 0 Å². The predicted molar refractivity (Wildman–Crippen MR) is 74.1 cm³/mol. The monoisotopic (exact) mass is 250 g/mol. The Morgan fingerprint density at radius 3 is 2.78 bits per heavy atom. The van der Waals surface area contributed by atoms with Gasteiger partial charge in [0.2, 0.25) is 5.91 Å². The number of benzene rings is 1. The van der Waals surface area contributed by atoms with Gasteiger partial charge in [0, 0.05) is 0 Å². The molecule has 0 saturated heterocycles. The van der Waals surface area contributed by atoms with Crippen LogP contribution in [0, 0.1) is 6.92 Å². The lowest BCUT2D eigenvalue weighted by molar-refractivity contribution is -0.117. The third-order valence-electron chi connectivity index (χ3n) is 2.71. The second-order valence-electron chi connectivity index (χ2n) is 4.37. The first-order chi connectivity index (χ1) is 8.58. The minimum atomic E-state index is -0.213. The normalized spacial score (nSPS) is 12.0. The van der Waals surface area contributed by atoms with Gasteiger partial charge in [0.1, 0.15) is 5.75 Å². The lowest BCUT2D eigenvalue weighted by Crippen LogP contribution is -2.38. The zero-order valence-electron chi connectivity index (χ0n) is 11.5. The molecule has 0 bridgehead atoms. The van der Waals surface area contributed by atoms with E-state index < -0.39 is 0 Å². The van der Waals surface area contributed by atoms with E-state index in [-0.39, 0.29) is 11.9 Å². The van der Waals surface area contributed by atoms with Gasteiger partial charge in [-0.1, -0.05) is 13.0 Å². The molecule has 1 amide bonds. The number of carbonyl (C=O) groups is 1. The molecule has 0 saturated carbocycles. The number of hydrogen-bond donors (Lipinski definition) is 2. The number of aryl methyl sites for hydroxylation is 1. The van der Waals surface area contributed by atoms with E-state index in [0.29, 0.717) is 11.4 Å². The molecule has 1 aromatic rings. The van der Waals surface area contributed by atoms with Gasteiger partial charge in [-0.25, -0.2) is 0 Å². The lowest BCUT2D eigenvalue weighted by atomic mass is 10.2. The summed E-state index contributed by atoms with van der Waals surface area (Å²) in [6.45, 7) is 6.74. The van der Waals surface area contributed by atoms with Crippen molar-refractivity contribution in [2.45, 2.75) is 33.2 Å². The second-order valence-corrected chi connectivity index (χ2v) is 4.37. The fourth-order valence-corrected chi connectivity index (χ4v) is 1.61. The largest absolute Gasteiger partial charge is 0.495 e. The summed E-state index contributed by atoms with van der Waals surface area (Å²) in [6, 6.07) is 5.50. The fraction of sp³-hybridized carbons (Fsp3) is 0.500. The topological polar surface area (TPSA) is 50.4 Å². The first-order valence-corrected chi connectivity index (χ1v) is 6.27. The summed E-state index contributed by atoms with van der Waals surface area (Å²) in [5.41, 5.74) is 1.80. The molecule has 0 spiro atoms. The maximum Gasteiger partial charge on any atom is 0.241 e. The highest BCUT2D eigenvalue weighted by Crippen LogP contribution is 2.25. The van der Waals surface area contributed by atoms with Crippen LogP contribution in [0.15, 0.2) is 18.2 Å². The van der Waals surface area contributed by atoms with Gasteiger partial charge in [-0.05, 0) is 44.5 Å². The molecule has 1 atom stereocenters. The Balaban J connectivity index is 2.71. The third kappa shape index (κ3) is 4.04.